The van der Waals surface area contributed by atoms with E-state index in [-0.39, 0.29) is 12.4 Å². The summed E-state index contributed by atoms with van der Waals surface area (Å²) < 4.78 is 39.4. The minimum Gasteiger partial charge on any atom is -0.490 e. The SMILES string of the molecule is CCOc1ccccc1OCC(O)c1ccc(OC(F)F)cc1. The molecule has 2 aromatic rings. The van der Waals surface area contributed by atoms with E-state index in [2.05, 4.69) is 4.74 Å². The number of hydrogen-bond acceptors (Lipinski definition) is 4. The number of benzene rings is 2. The van der Waals surface area contributed by atoms with Crippen LogP contribution in [0.5, 0.6) is 17.2 Å². The molecule has 2 aromatic carbocycles. The van der Waals surface area contributed by atoms with Crippen LogP contribution in [0.15, 0.2) is 48.5 Å². The Hall–Kier alpha value is -2.34. The Balaban J connectivity index is 1.95. The van der Waals surface area contributed by atoms with Crippen LogP contribution in [-0.4, -0.2) is 24.9 Å². The molecular weight excluding hydrogens is 306 g/mol. The van der Waals surface area contributed by atoms with Crippen LogP contribution >= 0.6 is 0 Å². The van der Waals surface area contributed by atoms with E-state index in [1.807, 2.05) is 13.0 Å². The van der Waals surface area contributed by atoms with Gasteiger partial charge in [-0.1, -0.05) is 24.3 Å². The van der Waals surface area contributed by atoms with Crippen molar-refractivity contribution in [2.45, 2.75) is 19.6 Å². The second-order valence-electron chi connectivity index (χ2n) is 4.65. The zero-order chi connectivity index (χ0) is 16.7. The fourth-order valence-corrected chi connectivity index (χ4v) is 1.98. The molecule has 0 aliphatic heterocycles. The lowest BCUT2D eigenvalue weighted by Gasteiger charge is -2.15. The first kappa shape index (κ1) is 17.0. The molecule has 0 radical (unpaired) electrons. The molecule has 23 heavy (non-hydrogen) atoms. The van der Waals surface area contributed by atoms with Gasteiger partial charge in [0.1, 0.15) is 18.5 Å². The van der Waals surface area contributed by atoms with Crippen LogP contribution in [0.1, 0.15) is 18.6 Å². The van der Waals surface area contributed by atoms with Gasteiger partial charge in [-0.15, -0.1) is 0 Å². The van der Waals surface area contributed by atoms with Gasteiger partial charge in [0, 0.05) is 0 Å². The van der Waals surface area contributed by atoms with E-state index in [9.17, 15) is 13.9 Å². The molecule has 1 atom stereocenters. The van der Waals surface area contributed by atoms with E-state index in [0.717, 1.165) is 0 Å². The maximum atomic E-state index is 12.1. The van der Waals surface area contributed by atoms with Crippen molar-refractivity contribution in [2.24, 2.45) is 0 Å². The molecule has 6 heteroatoms. The number of para-hydroxylation sites is 2. The van der Waals surface area contributed by atoms with Gasteiger partial charge in [0.2, 0.25) is 0 Å². The zero-order valence-electron chi connectivity index (χ0n) is 12.6. The van der Waals surface area contributed by atoms with Gasteiger partial charge in [0.15, 0.2) is 11.5 Å². The molecule has 0 saturated carbocycles. The molecular formula is C17H18F2O4. The van der Waals surface area contributed by atoms with Crippen LogP contribution in [0.25, 0.3) is 0 Å². The van der Waals surface area contributed by atoms with Crippen molar-refractivity contribution in [3.63, 3.8) is 0 Å². The summed E-state index contributed by atoms with van der Waals surface area (Å²) in [6.45, 7) is -0.480. The number of aliphatic hydroxyl groups excluding tert-OH is 1. The molecule has 0 bridgehead atoms. The van der Waals surface area contributed by atoms with E-state index in [1.165, 1.54) is 24.3 Å². The Labute approximate surface area is 133 Å². The summed E-state index contributed by atoms with van der Waals surface area (Å²) in [5.41, 5.74) is 0.542. The lowest BCUT2D eigenvalue weighted by Crippen LogP contribution is -2.10. The molecule has 1 unspecified atom stereocenters. The zero-order valence-corrected chi connectivity index (χ0v) is 12.6. The van der Waals surface area contributed by atoms with E-state index in [0.29, 0.717) is 23.7 Å². The van der Waals surface area contributed by atoms with Gasteiger partial charge in [-0.25, -0.2) is 0 Å². The van der Waals surface area contributed by atoms with Crippen molar-refractivity contribution < 1.29 is 28.1 Å². The van der Waals surface area contributed by atoms with Crippen LogP contribution in [-0.2, 0) is 0 Å². The monoisotopic (exact) mass is 324 g/mol. The van der Waals surface area contributed by atoms with Gasteiger partial charge < -0.3 is 19.3 Å². The number of halogens is 2. The minimum absolute atomic E-state index is 0.0130. The van der Waals surface area contributed by atoms with Crippen LogP contribution < -0.4 is 14.2 Å². The van der Waals surface area contributed by atoms with Crippen LogP contribution in [0, 0.1) is 0 Å². The summed E-state index contributed by atoms with van der Waals surface area (Å²) in [6.07, 6.45) is -0.898. The van der Waals surface area contributed by atoms with Crippen molar-refractivity contribution >= 4 is 0 Å². The predicted molar refractivity (Wildman–Crippen MR) is 81.1 cm³/mol. The summed E-state index contributed by atoms with van der Waals surface area (Å²) in [6, 6.07) is 12.9. The molecule has 1 N–H and O–H groups in total. The highest BCUT2D eigenvalue weighted by atomic mass is 19.3. The van der Waals surface area contributed by atoms with Gasteiger partial charge in [-0.2, -0.15) is 8.78 Å². The smallest absolute Gasteiger partial charge is 0.387 e. The van der Waals surface area contributed by atoms with Crippen molar-refractivity contribution in [3.05, 3.63) is 54.1 Å². The number of hydrogen-bond donors (Lipinski definition) is 1. The lowest BCUT2D eigenvalue weighted by atomic mass is 10.1. The molecule has 4 nitrogen and oxygen atoms in total. The van der Waals surface area contributed by atoms with Crippen molar-refractivity contribution in [1.82, 2.24) is 0 Å². The van der Waals surface area contributed by atoms with Crippen molar-refractivity contribution in [1.29, 1.82) is 0 Å². The van der Waals surface area contributed by atoms with Gasteiger partial charge in [0.05, 0.1) is 6.61 Å². The molecule has 2 rings (SSSR count). The first-order valence-corrected chi connectivity index (χ1v) is 7.17. The van der Waals surface area contributed by atoms with Gasteiger partial charge >= 0.3 is 6.61 Å². The van der Waals surface area contributed by atoms with Crippen molar-refractivity contribution in [2.75, 3.05) is 13.2 Å². The average Bonchev–Trinajstić information content (AvgIpc) is 2.54. The number of rotatable bonds is 8. The predicted octanol–water partition coefficient (Wildman–Crippen LogP) is 3.80. The highest BCUT2D eigenvalue weighted by molar-refractivity contribution is 5.39. The second kappa shape index (κ2) is 8.33. The summed E-state index contributed by atoms with van der Waals surface area (Å²) >= 11 is 0. The maximum Gasteiger partial charge on any atom is 0.387 e. The Morgan fingerprint density at radius 3 is 2.13 bits per heavy atom. The Bertz CT molecular complexity index is 602. The largest absolute Gasteiger partial charge is 0.490 e. The topological polar surface area (TPSA) is 47.9 Å². The fraction of sp³-hybridized carbons (Fsp3) is 0.294. The molecule has 0 aliphatic carbocycles. The number of ether oxygens (including phenoxy) is 3. The van der Waals surface area contributed by atoms with Crippen molar-refractivity contribution in [3.8, 4) is 17.2 Å². The Morgan fingerprint density at radius 1 is 0.957 bits per heavy atom. The molecule has 0 heterocycles. The van der Waals surface area contributed by atoms with E-state index < -0.39 is 12.7 Å². The van der Waals surface area contributed by atoms with Gasteiger partial charge in [0.25, 0.3) is 0 Å². The molecule has 0 spiro atoms. The standard InChI is InChI=1S/C17H18F2O4/c1-2-21-15-5-3-4-6-16(15)22-11-14(20)12-7-9-13(10-8-12)23-17(18)19/h3-10,14,17,20H,2,11H2,1H3. The third-order valence-electron chi connectivity index (χ3n) is 3.04. The Morgan fingerprint density at radius 2 is 1.57 bits per heavy atom. The normalized spacial score (nSPS) is 12.0. The summed E-state index contributed by atoms with van der Waals surface area (Å²) in [4.78, 5) is 0. The molecule has 0 saturated heterocycles. The third kappa shape index (κ3) is 5.10. The van der Waals surface area contributed by atoms with E-state index >= 15 is 0 Å². The molecule has 0 aliphatic rings. The summed E-state index contributed by atoms with van der Waals surface area (Å²) in [5, 5.41) is 10.1. The van der Waals surface area contributed by atoms with E-state index in [4.69, 9.17) is 9.47 Å². The van der Waals surface area contributed by atoms with Gasteiger partial charge in [-0.3, -0.25) is 0 Å². The molecule has 0 fully saturated rings. The first-order chi connectivity index (χ1) is 11.1. The second-order valence-corrected chi connectivity index (χ2v) is 4.65. The van der Waals surface area contributed by atoms with Crippen LogP contribution in [0.3, 0.4) is 0 Å². The van der Waals surface area contributed by atoms with Crippen LogP contribution in [0.2, 0.25) is 0 Å². The molecule has 0 aromatic heterocycles. The highest BCUT2D eigenvalue weighted by Crippen LogP contribution is 2.28. The summed E-state index contributed by atoms with van der Waals surface area (Å²) in [7, 11) is 0. The summed E-state index contributed by atoms with van der Waals surface area (Å²) in [5.74, 6) is 1.17. The first-order valence-electron chi connectivity index (χ1n) is 7.17. The third-order valence-corrected chi connectivity index (χ3v) is 3.04. The minimum atomic E-state index is -2.87. The van der Waals surface area contributed by atoms with E-state index in [1.54, 1.807) is 18.2 Å². The highest BCUT2D eigenvalue weighted by Gasteiger charge is 2.12. The molecule has 0 amide bonds. The maximum absolute atomic E-state index is 12.1. The molecule has 124 valence electrons. The van der Waals surface area contributed by atoms with Gasteiger partial charge in [-0.05, 0) is 36.8 Å². The lowest BCUT2D eigenvalue weighted by molar-refractivity contribution is -0.0498. The quantitative estimate of drug-likeness (QED) is 0.802. The van der Waals surface area contributed by atoms with Crippen LogP contribution in [0.4, 0.5) is 8.78 Å². The average molecular weight is 324 g/mol. The fourth-order valence-electron chi connectivity index (χ4n) is 1.98. The number of alkyl halides is 2. The Kier molecular flexibility index (Phi) is 6.17. The number of aliphatic hydroxyl groups is 1.